The number of aromatic nitrogens is 3. The zero-order chi connectivity index (χ0) is 13.4. The highest BCUT2D eigenvalue weighted by molar-refractivity contribution is 5.86. The number of rotatable bonds is 3. The number of hydrogen-bond donors (Lipinski definition) is 1. The average Bonchev–Trinajstić information content (AvgIpc) is 2.70. The number of fused-ring (bicyclic) bond motifs is 1. The Hall–Kier alpha value is -2.11. The van der Waals surface area contributed by atoms with Gasteiger partial charge >= 0.3 is 5.97 Å². The van der Waals surface area contributed by atoms with Crippen LogP contribution in [-0.2, 0) is 0 Å². The minimum atomic E-state index is -1.05. The maximum absolute atomic E-state index is 11.0. The van der Waals surface area contributed by atoms with Crippen LogP contribution in [0.4, 0.5) is 5.82 Å². The third kappa shape index (κ3) is 2.01. The zero-order valence-corrected chi connectivity index (χ0v) is 10.9. The minimum Gasteiger partial charge on any atom is -0.476 e. The Morgan fingerprint density at radius 1 is 1.39 bits per heavy atom. The van der Waals surface area contributed by atoms with Crippen LogP contribution >= 0.6 is 0 Å². The highest BCUT2D eigenvalue weighted by atomic mass is 16.4. The van der Waals surface area contributed by atoms with Crippen LogP contribution in [0.25, 0.3) is 5.65 Å². The third-order valence-corrected chi connectivity index (χ3v) is 2.70. The second kappa shape index (κ2) is 4.29. The molecule has 2 heterocycles. The van der Waals surface area contributed by atoms with E-state index >= 15 is 0 Å². The van der Waals surface area contributed by atoms with Crippen molar-refractivity contribution in [3.63, 3.8) is 0 Å². The molecule has 0 atom stereocenters. The van der Waals surface area contributed by atoms with Crippen LogP contribution in [-0.4, -0.2) is 39.8 Å². The Morgan fingerprint density at radius 2 is 2.06 bits per heavy atom. The molecule has 0 bridgehead atoms. The molecule has 0 aliphatic carbocycles. The summed E-state index contributed by atoms with van der Waals surface area (Å²) in [6.07, 6.45) is 0. The Labute approximate surface area is 105 Å². The fraction of sp³-hybridized carbons (Fsp3) is 0.417. The first kappa shape index (κ1) is 12.3. The van der Waals surface area contributed by atoms with Crippen molar-refractivity contribution in [3.05, 3.63) is 23.5 Å². The molecule has 2 aromatic heterocycles. The molecule has 0 aliphatic rings. The van der Waals surface area contributed by atoms with Gasteiger partial charge in [-0.2, -0.15) is 9.61 Å². The molecular formula is C12H16N4O2. The smallest absolute Gasteiger partial charge is 0.356 e. The molecule has 0 aliphatic heterocycles. The normalized spacial score (nSPS) is 11.2. The van der Waals surface area contributed by atoms with Crippen molar-refractivity contribution in [1.29, 1.82) is 0 Å². The van der Waals surface area contributed by atoms with Crippen LogP contribution in [0.5, 0.6) is 0 Å². The first-order valence-corrected chi connectivity index (χ1v) is 5.71. The van der Waals surface area contributed by atoms with Crippen LogP contribution in [0.3, 0.4) is 0 Å². The number of carboxylic acids is 1. The van der Waals surface area contributed by atoms with Crippen LogP contribution in [0.1, 0.15) is 35.9 Å². The molecule has 0 saturated heterocycles. The Bertz CT molecular complexity index is 601. The van der Waals surface area contributed by atoms with Gasteiger partial charge in [-0.15, -0.1) is 0 Å². The molecule has 0 aromatic carbocycles. The standard InChI is InChI=1S/C12H16N4O2/c1-7(2)8-6-11(15(3)4)16-10(13-8)5-9(14-16)12(17)18/h5-7H,1-4H3,(H,17,18). The fourth-order valence-corrected chi connectivity index (χ4v) is 1.70. The molecule has 0 fully saturated rings. The molecule has 6 heteroatoms. The monoisotopic (exact) mass is 248 g/mol. The summed E-state index contributed by atoms with van der Waals surface area (Å²) in [5, 5.41) is 13.0. The molecule has 0 saturated carbocycles. The molecule has 0 spiro atoms. The van der Waals surface area contributed by atoms with Crippen LogP contribution in [0.2, 0.25) is 0 Å². The summed E-state index contributed by atoms with van der Waals surface area (Å²) in [7, 11) is 3.78. The van der Waals surface area contributed by atoms with Gasteiger partial charge in [-0.05, 0) is 5.92 Å². The van der Waals surface area contributed by atoms with Crippen molar-refractivity contribution in [2.45, 2.75) is 19.8 Å². The van der Waals surface area contributed by atoms with Crippen molar-refractivity contribution in [2.75, 3.05) is 19.0 Å². The van der Waals surface area contributed by atoms with Gasteiger partial charge in [0.15, 0.2) is 11.3 Å². The minimum absolute atomic E-state index is 0.00602. The summed E-state index contributed by atoms with van der Waals surface area (Å²) in [6, 6.07) is 3.41. The van der Waals surface area contributed by atoms with Crippen molar-refractivity contribution < 1.29 is 9.90 Å². The number of nitrogens with zero attached hydrogens (tertiary/aromatic N) is 4. The summed E-state index contributed by atoms with van der Waals surface area (Å²) < 4.78 is 1.55. The molecule has 0 unspecified atom stereocenters. The largest absolute Gasteiger partial charge is 0.476 e. The SMILES string of the molecule is CC(C)c1cc(N(C)C)n2nc(C(=O)O)cc2n1. The molecule has 1 N–H and O–H groups in total. The Balaban J connectivity index is 2.73. The lowest BCUT2D eigenvalue weighted by Crippen LogP contribution is -2.15. The lowest BCUT2D eigenvalue weighted by atomic mass is 10.1. The van der Waals surface area contributed by atoms with E-state index in [9.17, 15) is 4.79 Å². The molecule has 96 valence electrons. The van der Waals surface area contributed by atoms with E-state index in [1.807, 2.05) is 38.9 Å². The average molecular weight is 248 g/mol. The highest BCUT2D eigenvalue weighted by Gasteiger charge is 2.15. The van der Waals surface area contributed by atoms with E-state index in [4.69, 9.17) is 5.11 Å². The predicted octanol–water partition coefficient (Wildman–Crippen LogP) is 1.62. The zero-order valence-electron chi connectivity index (χ0n) is 10.9. The van der Waals surface area contributed by atoms with E-state index in [0.717, 1.165) is 11.5 Å². The molecule has 0 radical (unpaired) electrons. The second-order valence-electron chi connectivity index (χ2n) is 4.69. The maximum Gasteiger partial charge on any atom is 0.356 e. The quantitative estimate of drug-likeness (QED) is 0.893. The number of anilines is 1. The summed E-state index contributed by atoms with van der Waals surface area (Å²) >= 11 is 0. The van der Waals surface area contributed by atoms with Crippen LogP contribution < -0.4 is 4.90 Å². The molecular weight excluding hydrogens is 232 g/mol. The van der Waals surface area contributed by atoms with Crippen molar-refractivity contribution in [2.24, 2.45) is 0 Å². The number of carboxylic acid groups (broad SMARTS) is 1. The lowest BCUT2D eigenvalue weighted by molar-refractivity contribution is 0.0690. The van der Waals surface area contributed by atoms with E-state index in [0.29, 0.717) is 5.65 Å². The van der Waals surface area contributed by atoms with E-state index < -0.39 is 5.97 Å². The van der Waals surface area contributed by atoms with Gasteiger partial charge in [0.25, 0.3) is 0 Å². The van der Waals surface area contributed by atoms with Crippen molar-refractivity contribution >= 4 is 17.4 Å². The van der Waals surface area contributed by atoms with Crippen LogP contribution in [0, 0.1) is 0 Å². The molecule has 2 rings (SSSR count). The van der Waals surface area contributed by atoms with Crippen molar-refractivity contribution in [1.82, 2.24) is 14.6 Å². The molecule has 2 aromatic rings. The van der Waals surface area contributed by atoms with Gasteiger partial charge in [-0.1, -0.05) is 13.8 Å². The van der Waals surface area contributed by atoms with E-state index in [-0.39, 0.29) is 11.6 Å². The van der Waals surface area contributed by atoms with E-state index in [1.54, 1.807) is 4.52 Å². The Kier molecular flexibility index (Phi) is 2.94. The van der Waals surface area contributed by atoms with Crippen LogP contribution in [0.15, 0.2) is 12.1 Å². The van der Waals surface area contributed by atoms with Crippen molar-refractivity contribution in [3.8, 4) is 0 Å². The summed E-state index contributed by atoms with van der Waals surface area (Å²) in [6.45, 7) is 4.10. The van der Waals surface area contributed by atoms with E-state index in [2.05, 4.69) is 10.1 Å². The van der Waals surface area contributed by atoms with Gasteiger partial charge in [-0.25, -0.2) is 9.78 Å². The van der Waals surface area contributed by atoms with Gasteiger partial charge < -0.3 is 10.0 Å². The number of aromatic carboxylic acids is 1. The number of hydrogen-bond acceptors (Lipinski definition) is 4. The van der Waals surface area contributed by atoms with Gasteiger partial charge in [0.05, 0.1) is 0 Å². The predicted molar refractivity (Wildman–Crippen MR) is 68.4 cm³/mol. The number of carbonyl (C=O) groups is 1. The summed E-state index contributed by atoms with van der Waals surface area (Å²) in [5.41, 5.74) is 1.48. The van der Waals surface area contributed by atoms with Gasteiger partial charge in [0.1, 0.15) is 5.82 Å². The fourth-order valence-electron chi connectivity index (χ4n) is 1.70. The molecule has 18 heavy (non-hydrogen) atoms. The summed E-state index contributed by atoms with van der Waals surface area (Å²) in [5.74, 6) is 0.0457. The Morgan fingerprint density at radius 3 is 2.56 bits per heavy atom. The highest BCUT2D eigenvalue weighted by Crippen LogP contribution is 2.21. The summed E-state index contributed by atoms with van der Waals surface area (Å²) in [4.78, 5) is 17.3. The molecule has 6 nitrogen and oxygen atoms in total. The molecule has 0 amide bonds. The lowest BCUT2D eigenvalue weighted by Gasteiger charge is -2.16. The topological polar surface area (TPSA) is 70.7 Å². The second-order valence-corrected chi connectivity index (χ2v) is 4.69. The first-order valence-electron chi connectivity index (χ1n) is 5.71. The first-order chi connectivity index (χ1) is 8.40. The maximum atomic E-state index is 11.0. The third-order valence-electron chi connectivity index (χ3n) is 2.70. The van der Waals surface area contributed by atoms with Gasteiger partial charge in [0.2, 0.25) is 0 Å². The van der Waals surface area contributed by atoms with Gasteiger partial charge in [-0.3, -0.25) is 0 Å². The van der Waals surface area contributed by atoms with E-state index in [1.165, 1.54) is 6.07 Å². The van der Waals surface area contributed by atoms with Gasteiger partial charge in [0, 0.05) is 31.9 Å².